The van der Waals surface area contributed by atoms with Gasteiger partial charge in [-0.2, -0.15) is 4.98 Å². The molecule has 4 nitrogen and oxygen atoms in total. The maximum absolute atomic E-state index is 4.61. The van der Waals surface area contributed by atoms with Crippen LogP contribution in [0.4, 0.5) is 17.5 Å². The lowest BCUT2D eigenvalue weighted by Crippen LogP contribution is -2.04. The van der Waals surface area contributed by atoms with Gasteiger partial charge in [0.15, 0.2) is 0 Å². The van der Waals surface area contributed by atoms with Gasteiger partial charge in [-0.3, -0.25) is 0 Å². The highest BCUT2D eigenvalue weighted by molar-refractivity contribution is 7.18. The number of hydrogen-bond donors (Lipinski definition) is 2. The molecule has 0 unspecified atom stereocenters. The van der Waals surface area contributed by atoms with Gasteiger partial charge in [-0.1, -0.05) is 18.2 Å². The number of anilines is 3. The molecule has 0 atom stereocenters. The van der Waals surface area contributed by atoms with Gasteiger partial charge in [0, 0.05) is 17.1 Å². The first-order chi connectivity index (χ1) is 10.2. The van der Waals surface area contributed by atoms with E-state index in [0.29, 0.717) is 5.95 Å². The van der Waals surface area contributed by atoms with E-state index in [0.717, 1.165) is 28.3 Å². The molecule has 108 valence electrons. The van der Waals surface area contributed by atoms with E-state index >= 15 is 0 Å². The van der Waals surface area contributed by atoms with Crippen molar-refractivity contribution in [3.63, 3.8) is 0 Å². The van der Waals surface area contributed by atoms with Gasteiger partial charge in [-0.25, -0.2) is 4.98 Å². The van der Waals surface area contributed by atoms with Crippen LogP contribution in [0, 0.1) is 13.8 Å². The Balaban J connectivity index is 2.09. The molecule has 0 radical (unpaired) electrons. The summed E-state index contributed by atoms with van der Waals surface area (Å²) in [5, 5.41) is 7.71. The average molecular weight is 298 g/mol. The largest absolute Gasteiger partial charge is 0.354 e. The molecular formula is C16H18N4S. The van der Waals surface area contributed by atoms with Crippen molar-refractivity contribution in [2.45, 2.75) is 20.8 Å². The Kier molecular flexibility index (Phi) is 3.75. The predicted octanol–water partition coefficient (Wildman–Crippen LogP) is 4.48. The van der Waals surface area contributed by atoms with Crippen LogP contribution in [0.15, 0.2) is 30.3 Å². The summed E-state index contributed by atoms with van der Waals surface area (Å²) in [4.78, 5) is 11.4. The lowest BCUT2D eigenvalue weighted by Gasteiger charge is -2.11. The molecule has 21 heavy (non-hydrogen) atoms. The second kappa shape index (κ2) is 5.69. The zero-order valence-electron chi connectivity index (χ0n) is 12.4. The van der Waals surface area contributed by atoms with Gasteiger partial charge in [0.05, 0.1) is 5.39 Å². The van der Waals surface area contributed by atoms with Crippen LogP contribution < -0.4 is 10.6 Å². The molecule has 3 rings (SSSR count). The van der Waals surface area contributed by atoms with Crippen molar-refractivity contribution >= 4 is 39.0 Å². The minimum atomic E-state index is 0.669. The number of benzene rings is 1. The molecule has 0 aliphatic carbocycles. The Hall–Kier alpha value is -2.14. The van der Waals surface area contributed by atoms with Crippen LogP contribution in [0.1, 0.15) is 17.4 Å². The van der Waals surface area contributed by atoms with Crippen molar-refractivity contribution in [3.05, 3.63) is 40.8 Å². The van der Waals surface area contributed by atoms with E-state index in [1.807, 2.05) is 19.1 Å². The van der Waals surface area contributed by atoms with Crippen molar-refractivity contribution in [1.82, 2.24) is 9.97 Å². The summed E-state index contributed by atoms with van der Waals surface area (Å²) in [6.07, 6.45) is 0. The Morgan fingerprint density at radius 3 is 2.71 bits per heavy atom. The zero-order valence-corrected chi connectivity index (χ0v) is 13.2. The molecule has 3 aromatic rings. The van der Waals surface area contributed by atoms with Crippen molar-refractivity contribution in [2.75, 3.05) is 17.2 Å². The van der Waals surface area contributed by atoms with Crippen LogP contribution >= 0.6 is 11.3 Å². The first-order valence-electron chi connectivity index (χ1n) is 7.02. The van der Waals surface area contributed by atoms with Crippen LogP contribution in [0.5, 0.6) is 0 Å². The molecule has 1 aromatic carbocycles. The second-order valence-corrected chi connectivity index (χ2v) is 6.18. The topological polar surface area (TPSA) is 49.8 Å². The average Bonchev–Trinajstić information content (AvgIpc) is 2.82. The molecule has 0 aliphatic rings. The lowest BCUT2D eigenvalue weighted by atomic mass is 10.2. The fourth-order valence-corrected chi connectivity index (χ4v) is 3.09. The van der Waals surface area contributed by atoms with Gasteiger partial charge >= 0.3 is 0 Å². The van der Waals surface area contributed by atoms with Crippen molar-refractivity contribution in [1.29, 1.82) is 0 Å². The molecule has 2 heterocycles. The normalized spacial score (nSPS) is 10.8. The van der Waals surface area contributed by atoms with Crippen molar-refractivity contribution in [2.24, 2.45) is 0 Å². The van der Waals surface area contributed by atoms with Crippen LogP contribution in [0.25, 0.3) is 10.2 Å². The summed E-state index contributed by atoms with van der Waals surface area (Å²) in [5.41, 5.74) is 2.27. The first kappa shape index (κ1) is 13.8. The number of para-hydroxylation sites is 1. The predicted molar refractivity (Wildman–Crippen MR) is 90.8 cm³/mol. The molecule has 0 fully saturated rings. The van der Waals surface area contributed by atoms with Gasteiger partial charge in [0.25, 0.3) is 0 Å². The number of nitrogens with one attached hydrogen (secondary N) is 2. The van der Waals surface area contributed by atoms with Crippen LogP contribution in [-0.2, 0) is 0 Å². The van der Waals surface area contributed by atoms with Crippen molar-refractivity contribution < 1.29 is 0 Å². The van der Waals surface area contributed by atoms with Crippen LogP contribution in [0.3, 0.4) is 0 Å². The van der Waals surface area contributed by atoms with Gasteiger partial charge in [0.1, 0.15) is 10.6 Å². The van der Waals surface area contributed by atoms with E-state index in [-0.39, 0.29) is 0 Å². The SMILES string of the molecule is CCNc1nc(Nc2ccccc2C)c2cc(C)sc2n1. The van der Waals surface area contributed by atoms with E-state index in [9.17, 15) is 0 Å². The minimum absolute atomic E-state index is 0.669. The summed E-state index contributed by atoms with van der Waals surface area (Å²) in [7, 11) is 0. The van der Waals surface area contributed by atoms with E-state index in [1.165, 1.54) is 10.4 Å². The quantitative estimate of drug-likeness (QED) is 0.745. The highest BCUT2D eigenvalue weighted by Crippen LogP contribution is 2.31. The first-order valence-corrected chi connectivity index (χ1v) is 7.83. The Bertz CT molecular complexity index is 779. The molecule has 0 saturated carbocycles. The maximum atomic E-state index is 4.61. The standard InChI is InChI=1S/C16H18N4S/c1-4-17-16-19-14(12-9-11(3)21-15(12)20-16)18-13-8-6-5-7-10(13)2/h5-9H,4H2,1-3H3,(H2,17,18,19,20). The molecule has 0 aliphatic heterocycles. The number of hydrogen-bond acceptors (Lipinski definition) is 5. The van der Waals surface area contributed by atoms with Crippen LogP contribution in [-0.4, -0.2) is 16.5 Å². The molecular weight excluding hydrogens is 280 g/mol. The van der Waals surface area contributed by atoms with E-state index < -0.39 is 0 Å². The Morgan fingerprint density at radius 2 is 1.95 bits per heavy atom. The third kappa shape index (κ3) is 2.83. The second-order valence-electron chi connectivity index (χ2n) is 4.94. The molecule has 2 aromatic heterocycles. The number of nitrogens with zero attached hydrogens (tertiary/aromatic N) is 2. The summed E-state index contributed by atoms with van der Waals surface area (Å²) >= 11 is 1.69. The Morgan fingerprint density at radius 1 is 1.14 bits per heavy atom. The Labute approximate surface area is 128 Å². The summed E-state index contributed by atoms with van der Waals surface area (Å²) in [5.74, 6) is 1.53. The molecule has 0 amide bonds. The van der Waals surface area contributed by atoms with Gasteiger partial charge in [-0.05, 0) is 38.5 Å². The fourth-order valence-electron chi connectivity index (χ4n) is 2.22. The third-order valence-corrected chi connectivity index (χ3v) is 4.19. The molecule has 5 heteroatoms. The fraction of sp³-hybridized carbons (Fsp3) is 0.250. The number of aryl methyl sites for hydroxylation is 2. The smallest absolute Gasteiger partial charge is 0.226 e. The lowest BCUT2D eigenvalue weighted by molar-refractivity contribution is 1.11. The van der Waals surface area contributed by atoms with Gasteiger partial charge in [-0.15, -0.1) is 11.3 Å². The summed E-state index contributed by atoms with van der Waals surface area (Å²) in [6.45, 7) is 7.03. The van der Waals surface area contributed by atoms with E-state index in [2.05, 4.69) is 52.6 Å². The van der Waals surface area contributed by atoms with Gasteiger partial charge in [0.2, 0.25) is 5.95 Å². The van der Waals surface area contributed by atoms with E-state index in [1.54, 1.807) is 11.3 Å². The molecule has 0 spiro atoms. The minimum Gasteiger partial charge on any atom is -0.354 e. The molecule has 0 bridgehead atoms. The number of fused-ring (bicyclic) bond motifs is 1. The van der Waals surface area contributed by atoms with Gasteiger partial charge < -0.3 is 10.6 Å². The third-order valence-electron chi connectivity index (χ3n) is 3.25. The zero-order chi connectivity index (χ0) is 14.8. The molecule has 0 saturated heterocycles. The maximum Gasteiger partial charge on any atom is 0.226 e. The number of rotatable bonds is 4. The monoisotopic (exact) mass is 298 g/mol. The summed E-state index contributed by atoms with van der Waals surface area (Å²) < 4.78 is 0. The highest BCUT2D eigenvalue weighted by atomic mass is 32.1. The number of aromatic nitrogens is 2. The van der Waals surface area contributed by atoms with Crippen molar-refractivity contribution in [3.8, 4) is 0 Å². The molecule has 2 N–H and O–H groups in total. The van der Waals surface area contributed by atoms with E-state index in [4.69, 9.17) is 0 Å². The highest BCUT2D eigenvalue weighted by Gasteiger charge is 2.11. The number of thiophene rings is 1. The van der Waals surface area contributed by atoms with Crippen LogP contribution in [0.2, 0.25) is 0 Å². The summed E-state index contributed by atoms with van der Waals surface area (Å²) in [6, 6.07) is 10.4.